The van der Waals surface area contributed by atoms with Gasteiger partial charge in [-0.3, -0.25) is 0 Å². The first-order chi connectivity index (χ1) is 6.41. The van der Waals surface area contributed by atoms with Gasteiger partial charge >= 0.3 is 0 Å². The SMILES string of the molecule is CCCCCCSCCCCCC.[Ag]. The molecule has 0 aromatic carbocycles. The Hall–Kier alpha value is 1.09. The summed E-state index contributed by atoms with van der Waals surface area (Å²) < 4.78 is 0. The van der Waals surface area contributed by atoms with Crippen LogP contribution in [-0.4, -0.2) is 11.5 Å². The molecule has 2 heteroatoms. The fraction of sp³-hybridized carbons (Fsp3) is 1.00. The molecule has 0 amide bonds. The van der Waals surface area contributed by atoms with Crippen LogP contribution in [0.15, 0.2) is 0 Å². The normalized spacial score (nSPS) is 9.86. The summed E-state index contributed by atoms with van der Waals surface area (Å²) >= 11 is 2.15. The topological polar surface area (TPSA) is 0 Å². The predicted molar refractivity (Wildman–Crippen MR) is 65.6 cm³/mol. The second-order valence-electron chi connectivity index (χ2n) is 3.73. The average molecular weight is 310 g/mol. The van der Waals surface area contributed by atoms with Crippen LogP contribution in [0.1, 0.15) is 65.2 Å². The second-order valence-corrected chi connectivity index (χ2v) is 4.96. The molecule has 0 spiro atoms. The van der Waals surface area contributed by atoms with Crippen molar-refractivity contribution in [2.24, 2.45) is 0 Å². The number of hydrogen-bond donors (Lipinski definition) is 0. The fourth-order valence-electron chi connectivity index (χ4n) is 1.36. The summed E-state index contributed by atoms with van der Waals surface area (Å²) in [5, 5.41) is 0. The second kappa shape index (κ2) is 16.5. The first-order valence-electron chi connectivity index (χ1n) is 5.99. The molecular weight excluding hydrogens is 284 g/mol. The zero-order chi connectivity index (χ0) is 9.78. The molecule has 0 atom stereocenters. The zero-order valence-electron chi connectivity index (χ0n) is 9.78. The summed E-state index contributed by atoms with van der Waals surface area (Å²) in [6.45, 7) is 4.55. The quantitative estimate of drug-likeness (QED) is 0.409. The van der Waals surface area contributed by atoms with E-state index in [4.69, 9.17) is 0 Å². The summed E-state index contributed by atoms with van der Waals surface area (Å²) in [5.41, 5.74) is 0. The average Bonchev–Trinajstić information content (AvgIpc) is 2.16. The minimum absolute atomic E-state index is 0. The number of rotatable bonds is 10. The summed E-state index contributed by atoms with van der Waals surface area (Å²) in [5.74, 6) is 2.79. The van der Waals surface area contributed by atoms with Gasteiger partial charge in [0.25, 0.3) is 0 Å². The zero-order valence-corrected chi connectivity index (χ0v) is 12.1. The molecule has 0 aromatic heterocycles. The van der Waals surface area contributed by atoms with E-state index in [9.17, 15) is 0 Å². The van der Waals surface area contributed by atoms with Crippen molar-refractivity contribution < 1.29 is 22.4 Å². The Bertz CT molecular complexity index is 76.4. The van der Waals surface area contributed by atoms with Gasteiger partial charge in [-0.2, -0.15) is 11.8 Å². The van der Waals surface area contributed by atoms with Crippen molar-refractivity contribution in [2.45, 2.75) is 65.2 Å². The summed E-state index contributed by atoms with van der Waals surface area (Å²) in [6, 6.07) is 0. The molecule has 91 valence electrons. The molecule has 0 unspecified atom stereocenters. The van der Waals surface area contributed by atoms with Gasteiger partial charge in [0.1, 0.15) is 0 Å². The van der Waals surface area contributed by atoms with E-state index in [0.29, 0.717) is 0 Å². The van der Waals surface area contributed by atoms with E-state index in [1.165, 1.54) is 62.9 Å². The first-order valence-corrected chi connectivity index (χ1v) is 7.15. The van der Waals surface area contributed by atoms with Crippen LogP contribution >= 0.6 is 11.8 Å². The minimum Gasteiger partial charge on any atom is -0.162 e. The van der Waals surface area contributed by atoms with Crippen molar-refractivity contribution in [1.29, 1.82) is 0 Å². The molecule has 0 rings (SSSR count). The van der Waals surface area contributed by atoms with Gasteiger partial charge in [-0.25, -0.2) is 0 Å². The van der Waals surface area contributed by atoms with E-state index in [2.05, 4.69) is 25.6 Å². The van der Waals surface area contributed by atoms with Gasteiger partial charge in [0.15, 0.2) is 0 Å². The molecule has 0 aliphatic heterocycles. The Morgan fingerprint density at radius 1 is 0.643 bits per heavy atom. The molecule has 0 aliphatic carbocycles. The Morgan fingerprint density at radius 2 is 1.07 bits per heavy atom. The summed E-state index contributed by atoms with van der Waals surface area (Å²) in [4.78, 5) is 0. The van der Waals surface area contributed by atoms with Crippen molar-refractivity contribution in [3.05, 3.63) is 0 Å². The third kappa shape index (κ3) is 15.6. The van der Waals surface area contributed by atoms with E-state index >= 15 is 0 Å². The molecular formula is C12H26AgS. The Morgan fingerprint density at radius 3 is 1.43 bits per heavy atom. The molecule has 0 saturated heterocycles. The minimum atomic E-state index is 0. The molecule has 0 fully saturated rings. The molecule has 0 heterocycles. The smallest absolute Gasteiger partial charge is 0 e. The molecule has 0 aromatic rings. The van der Waals surface area contributed by atoms with Crippen molar-refractivity contribution in [3.63, 3.8) is 0 Å². The van der Waals surface area contributed by atoms with Crippen LogP contribution in [0.5, 0.6) is 0 Å². The van der Waals surface area contributed by atoms with Crippen LogP contribution in [0.25, 0.3) is 0 Å². The molecule has 14 heavy (non-hydrogen) atoms. The van der Waals surface area contributed by atoms with Gasteiger partial charge < -0.3 is 0 Å². The van der Waals surface area contributed by atoms with Crippen LogP contribution in [0.2, 0.25) is 0 Å². The van der Waals surface area contributed by atoms with Crippen LogP contribution in [0, 0.1) is 0 Å². The van der Waals surface area contributed by atoms with Crippen LogP contribution in [0.3, 0.4) is 0 Å². The van der Waals surface area contributed by atoms with E-state index in [-0.39, 0.29) is 22.4 Å². The third-order valence-electron chi connectivity index (χ3n) is 2.28. The number of thioether (sulfide) groups is 1. The van der Waals surface area contributed by atoms with Crippen molar-refractivity contribution in [1.82, 2.24) is 0 Å². The van der Waals surface area contributed by atoms with Gasteiger partial charge in [0.05, 0.1) is 0 Å². The van der Waals surface area contributed by atoms with Gasteiger partial charge in [-0.05, 0) is 24.3 Å². The van der Waals surface area contributed by atoms with Crippen molar-refractivity contribution in [2.75, 3.05) is 11.5 Å². The number of unbranched alkanes of at least 4 members (excludes halogenated alkanes) is 6. The largest absolute Gasteiger partial charge is 0.162 e. The van der Waals surface area contributed by atoms with E-state index in [1.54, 1.807) is 0 Å². The molecule has 0 saturated carbocycles. The monoisotopic (exact) mass is 309 g/mol. The maximum Gasteiger partial charge on any atom is 0 e. The van der Waals surface area contributed by atoms with Crippen LogP contribution < -0.4 is 0 Å². The Kier molecular flexibility index (Phi) is 20.6. The Balaban J connectivity index is 0. The predicted octanol–water partition coefficient (Wildman–Crippen LogP) is 4.88. The molecule has 0 N–H and O–H groups in total. The van der Waals surface area contributed by atoms with Gasteiger partial charge in [-0.15, -0.1) is 0 Å². The fourth-order valence-corrected chi connectivity index (χ4v) is 2.38. The molecule has 0 bridgehead atoms. The van der Waals surface area contributed by atoms with E-state index < -0.39 is 0 Å². The van der Waals surface area contributed by atoms with E-state index in [0.717, 1.165) is 0 Å². The van der Waals surface area contributed by atoms with Crippen molar-refractivity contribution in [3.8, 4) is 0 Å². The molecule has 1 radical (unpaired) electrons. The summed E-state index contributed by atoms with van der Waals surface area (Å²) in [6.07, 6.45) is 11.3. The first kappa shape index (κ1) is 17.5. The van der Waals surface area contributed by atoms with Gasteiger partial charge in [-0.1, -0.05) is 52.4 Å². The Labute approximate surface area is 111 Å². The van der Waals surface area contributed by atoms with E-state index in [1.807, 2.05) is 0 Å². The summed E-state index contributed by atoms with van der Waals surface area (Å²) in [7, 11) is 0. The van der Waals surface area contributed by atoms with Gasteiger partial charge in [0, 0.05) is 22.4 Å². The maximum atomic E-state index is 2.28. The standard InChI is InChI=1S/C12H26S.Ag/c1-3-5-7-9-11-13-12-10-8-6-4-2;/h3-12H2,1-2H3;. The van der Waals surface area contributed by atoms with Crippen molar-refractivity contribution >= 4 is 11.8 Å². The van der Waals surface area contributed by atoms with Crippen LogP contribution in [0.4, 0.5) is 0 Å². The maximum absolute atomic E-state index is 2.28. The van der Waals surface area contributed by atoms with Gasteiger partial charge in [0.2, 0.25) is 0 Å². The van der Waals surface area contributed by atoms with Crippen LogP contribution in [-0.2, 0) is 22.4 Å². The number of hydrogen-bond acceptors (Lipinski definition) is 1. The molecule has 0 nitrogen and oxygen atoms in total. The third-order valence-corrected chi connectivity index (χ3v) is 3.44. The molecule has 0 aliphatic rings.